The summed E-state index contributed by atoms with van der Waals surface area (Å²) >= 11 is 0. The number of aliphatic imine (C=N–C) groups is 1. The van der Waals surface area contributed by atoms with E-state index in [2.05, 4.69) is 29.8 Å². The van der Waals surface area contributed by atoms with Crippen molar-refractivity contribution in [2.24, 2.45) is 4.99 Å². The molecule has 8 nitrogen and oxygen atoms in total. The topological polar surface area (TPSA) is 80.8 Å². The number of halogens is 3. The van der Waals surface area contributed by atoms with Gasteiger partial charge in [0.25, 0.3) is 0 Å². The first-order valence-corrected chi connectivity index (χ1v) is 9.73. The lowest BCUT2D eigenvalue weighted by atomic mass is 10.0. The van der Waals surface area contributed by atoms with Gasteiger partial charge in [-0.3, -0.25) is 9.39 Å². The maximum atomic E-state index is 13.1. The number of fused-ring (bicyclic) bond motifs is 1. The van der Waals surface area contributed by atoms with E-state index in [4.69, 9.17) is 4.74 Å². The van der Waals surface area contributed by atoms with Crippen molar-refractivity contribution in [2.75, 3.05) is 24.6 Å². The van der Waals surface area contributed by atoms with Crippen LogP contribution in [0.3, 0.4) is 0 Å². The predicted octanol–water partition coefficient (Wildman–Crippen LogP) is 2.81. The number of ether oxygens (including phenoxy) is 1. The summed E-state index contributed by atoms with van der Waals surface area (Å²) in [5.41, 5.74) is 0.670. The van der Waals surface area contributed by atoms with Crippen molar-refractivity contribution in [1.29, 1.82) is 0 Å². The van der Waals surface area contributed by atoms with E-state index >= 15 is 0 Å². The Morgan fingerprint density at radius 3 is 2.81 bits per heavy atom. The standard InChI is InChI=1S/C20H18F3N7O/c1-12-18(13-2-4-24-8-13)31-7-6-29(12)16-3-5-25-19(28-16)14-9-27-17-10-26-15(11-30(14)17)20(21,22)23/h2-3,5,8-12,18H,4,6-7H2,1H3. The molecule has 0 aromatic carbocycles. The number of hydrogen-bond donors (Lipinski definition) is 0. The summed E-state index contributed by atoms with van der Waals surface area (Å²) in [5, 5.41) is 0. The van der Waals surface area contributed by atoms with Crippen LogP contribution in [0.25, 0.3) is 17.2 Å². The summed E-state index contributed by atoms with van der Waals surface area (Å²) in [6.45, 7) is 3.86. The SMILES string of the molecule is CC1C(C2=CCN=C2)OCCN1c1ccnc(-c2cnc3cnc(C(F)(F)F)cn23)n1. The van der Waals surface area contributed by atoms with E-state index in [1.54, 1.807) is 12.3 Å². The number of imidazole rings is 1. The smallest absolute Gasteiger partial charge is 0.369 e. The average Bonchev–Trinajstić information content (AvgIpc) is 3.43. The average molecular weight is 429 g/mol. The van der Waals surface area contributed by atoms with Crippen molar-refractivity contribution in [3.8, 4) is 11.5 Å². The van der Waals surface area contributed by atoms with E-state index < -0.39 is 11.9 Å². The molecule has 0 N–H and O–H groups in total. The highest BCUT2D eigenvalue weighted by atomic mass is 19.4. The highest BCUT2D eigenvalue weighted by Crippen LogP contribution is 2.30. The summed E-state index contributed by atoms with van der Waals surface area (Å²) in [4.78, 5) is 22.8. The number of hydrogen-bond acceptors (Lipinski definition) is 7. The van der Waals surface area contributed by atoms with Crippen LogP contribution in [0, 0.1) is 0 Å². The second-order valence-corrected chi connectivity index (χ2v) is 7.30. The fourth-order valence-corrected chi connectivity index (χ4v) is 3.87. The normalized spacial score (nSPS) is 21.7. The van der Waals surface area contributed by atoms with Gasteiger partial charge in [0.05, 0.1) is 31.6 Å². The van der Waals surface area contributed by atoms with Crippen LogP contribution in [0.4, 0.5) is 19.0 Å². The van der Waals surface area contributed by atoms with E-state index in [1.165, 1.54) is 10.6 Å². The molecule has 0 amide bonds. The lowest BCUT2D eigenvalue weighted by Gasteiger charge is -2.40. The van der Waals surface area contributed by atoms with Crippen molar-refractivity contribution in [3.05, 3.63) is 48.2 Å². The van der Waals surface area contributed by atoms with Gasteiger partial charge in [0.2, 0.25) is 0 Å². The molecule has 3 aromatic heterocycles. The zero-order valence-electron chi connectivity index (χ0n) is 16.5. The summed E-state index contributed by atoms with van der Waals surface area (Å²) in [5.74, 6) is 0.947. The van der Waals surface area contributed by atoms with Crippen molar-refractivity contribution in [2.45, 2.75) is 25.2 Å². The van der Waals surface area contributed by atoms with Crippen molar-refractivity contribution in [3.63, 3.8) is 0 Å². The minimum absolute atomic E-state index is 0.00415. The lowest BCUT2D eigenvalue weighted by Crippen LogP contribution is -2.51. The second-order valence-electron chi connectivity index (χ2n) is 7.30. The Morgan fingerprint density at radius 1 is 1.16 bits per heavy atom. The van der Waals surface area contributed by atoms with Crippen LogP contribution in [-0.4, -0.2) is 62.4 Å². The molecule has 2 aliphatic heterocycles. The van der Waals surface area contributed by atoms with Crippen molar-refractivity contribution >= 4 is 17.7 Å². The zero-order chi connectivity index (χ0) is 21.6. The van der Waals surface area contributed by atoms with Crippen molar-refractivity contribution < 1.29 is 17.9 Å². The Labute approximate surface area is 175 Å². The van der Waals surface area contributed by atoms with Crippen LogP contribution in [0.5, 0.6) is 0 Å². The number of nitrogens with zero attached hydrogens (tertiary/aromatic N) is 7. The first-order valence-electron chi connectivity index (χ1n) is 9.73. The molecule has 160 valence electrons. The van der Waals surface area contributed by atoms with E-state index in [1.807, 2.05) is 19.2 Å². The van der Waals surface area contributed by atoms with Gasteiger partial charge < -0.3 is 9.64 Å². The molecule has 11 heteroatoms. The van der Waals surface area contributed by atoms with E-state index in [-0.39, 0.29) is 23.6 Å². The first-order chi connectivity index (χ1) is 14.9. The lowest BCUT2D eigenvalue weighted by molar-refractivity contribution is -0.141. The van der Waals surface area contributed by atoms with Gasteiger partial charge in [0.15, 0.2) is 17.2 Å². The maximum Gasteiger partial charge on any atom is 0.434 e. The summed E-state index contributed by atoms with van der Waals surface area (Å²) in [6.07, 6.45) is 4.22. The van der Waals surface area contributed by atoms with Crippen LogP contribution in [0.15, 0.2) is 47.5 Å². The molecule has 1 fully saturated rings. The number of rotatable bonds is 3. The molecule has 2 unspecified atom stereocenters. The molecule has 0 radical (unpaired) electrons. The highest BCUT2D eigenvalue weighted by Gasteiger charge is 2.34. The fourth-order valence-electron chi connectivity index (χ4n) is 3.87. The Hall–Kier alpha value is -3.34. The molecular formula is C20H18F3N7O. The Balaban J connectivity index is 1.50. The number of aromatic nitrogens is 5. The summed E-state index contributed by atoms with van der Waals surface area (Å²) < 4.78 is 46.6. The third-order valence-electron chi connectivity index (χ3n) is 5.41. The molecule has 2 aliphatic rings. The highest BCUT2D eigenvalue weighted by molar-refractivity contribution is 5.82. The van der Waals surface area contributed by atoms with Crippen LogP contribution >= 0.6 is 0 Å². The molecule has 1 saturated heterocycles. The van der Waals surface area contributed by atoms with Gasteiger partial charge >= 0.3 is 6.18 Å². The monoisotopic (exact) mass is 429 g/mol. The maximum absolute atomic E-state index is 13.1. The van der Waals surface area contributed by atoms with Crippen LogP contribution in [0.1, 0.15) is 12.6 Å². The molecule has 3 aromatic rings. The molecule has 0 aliphatic carbocycles. The Morgan fingerprint density at radius 2 is 2.03 bits per heavy atom. The minimum Gasteiger partial charge on any atom is -0.369 e. The van der Waals surface area contributed by atoms with Crippen molar-refractivity contribution in [1.82, 2.24) is 24.3 Å². The van der Waals surface area contributed by atoms with E-state index in [9.17, 15) is 13.2 Å². The van der Waals surface area contributed by atoms with Gasteiger partial charge in [0.1, 0.15) is 17.6 Å². The van der Waals surface area contributed by atoms with Gasteiger partial charge in [-0.2, -0.15) is 13.2 Å². The predicted molar refractivity (Wildman–Crippen MR) is 107 cm³/mol. The first kappa shape index (κ1) is 19.6. The van der Waals surface area contributed by atoms with Crippen LogP contribution in [0.2, 0.25) is 0 Å². The number of anilines is 1. The minimum atomic E-state index is -4.56. The van der Waals surface area contributed by atoms with Gasteiger partial charge in [-0.15, -0.1) is 0 Å². The molecule has 2 atom stereocenters. The summed E-state index contributed by atoms with van der Waals surface area (Å²) in [6, 6.07) is 1.78. The van der Waals surface area contributed by atoms with Gasteiger partial charge in [-0.25, -0.2) is 19.9 Å². The van der Waals surface area contributed by atoms with Crippen LogP contribution in [-0.2, 0) is 10.9 Å². The van der Waals surface area contributed by atoms with Gasteiger partial charge in [-0.1, -0.05) is 6.08 Å². The zero-order valence-corrected chi connectivity index (χ0v) is 16.5. The molecule has 0 spiro atoms. The molecule has 0 bridgehead atoms. The second kappa shape index (κ2) is 7.41. The molecule has 0 saturated carbocycles. The molecule has 5 heterocycles. The molecular weight excluding hydrogens is 411 g/mol. The molecule has 5 rings (SSSR count). The number of morpholine rings is 1. The molecule has 31 heavy (non-hydrogen) atoms. The summed E-state index contributed by atoms with van der Waals surface area (Å²) in [7, 11) is 0. The Kier molecular flexibility index (Phi) is 4.69. The quantitative estimate of drug-likeness (QED) is 0.637. The van der Waals surface area contributed by atoms with E-state index in [0.717, 1.165) is 18.0 Å². The number of alkyl halides is 3. The van der Waals surface area contributed by atoms with Crippen LogP contribution < -0.4 is 4.90 Å². The van der Waals surface area contributed by atoms with Gasteiger partial charge in [0, 0.05) is 25.2 Å². The van der Waals surface area contributed by atoms with Gasteiger partial charge in [-0.05, 0) is 18.6 Å². The third-order valence-corrected chi connectivity index (χ3v) is 5.41. The Bertz CT molecular complexity index is 1190. The largest absolute Gasteiger partial charge is 0.434 e. The fraction of sp³-hybridized carbons (Fsp3) is 0.350. The van der Waals surface area contributed by atoms with E-state index in [0.29, 0.717) is 31.2 Å². The third kappa shape index (κ3) is 3.54.